The molecule has 0 atom stereocenters. The monoisotopic (exact) mass is 423 g/mol. The van der Waals surface area contributed by atoms with Gasteiger partial charge in [0.1, 0.15) is 5.75 Å². The van der Waals surface area contributed by atoms with Crippen molar-refractivity contribution in [1.82, 2.24) is 14.9 Å². The van der Waals surface area contributed by atoms with Crippen molar-refractivity contribution in [2.45, 2.75) is 43.3 Å². The fourth-order valence-electron chi connectivity index (χ4n) is 3.81. The first-order valence-corrected chi connectivity index (χ1v) is 11.2. The maximum absolute atomic E-state index is 13.2. The van der Waals surface area contributed by atoms with E-state index in [0.717, 1.165) is 12.8 Å². The van der Waals surface area contributed by atoms with Crippen molar-refractivity contribution in [3.63, 3.8) is 0 Å². The summed E-state index contributed by atoms with van der Waals surface area (Å²) < 4.78 is 6.80. The lowest BCUT2D eigenvalue weighted by Crippen LogP contribution is -2.37. The smallest absolute Gasteiger partial charge is 0.266 e. The Morgan fingerprint density at radius 2 is 1.87 bits per heavy atom. The Bertz CT molecular complexity index is 1090. The number of rotatable bonds is 6. The van der Waals surface area contributed by atoms with Crippen molar-refractivity contribution in [2.75, 3.05) is 12.9 Å². The average Bonchev–Trinajstić information content (AvgIpc) is 2.79. The van der Waals surface area contributed by atoms with Crippen LogP contribution in [0.15, 0.2) is 58.5 Å². The van der Waals surface area contributed by atoms with E-state index in [1.807, 2.05) is 30.3 Å². The number of amides is 1. The van der Waals surface area contributed by atoms with Crippen molar-refractivity contribution >= 4 is 28.6 Å². The van der Waals surface area contributed by atoms with E-state index < -0.39 is 0 Å². The number of nitrogens with zero attached hydrogens (tertiary/aromatic N) is 2. The van der Waals surface area contributed by atoms with Crippen LogP contribution in [0.4, 0.5) is 0 Å². The first-order valence-electron chi connectivity index (χ1n) is 10.2. The van der Waals surface area contributed by atoms with Gasteiger partial charge in [0, 0.05) is 6.04 Å². The molecule has 0 saturated heterocycles. The zero-order chi connectivity index (χ0) is 20.9. The first-order chi connectivity index (χ1) is 14.7. The Kier molecular flexibility index (Phi) is 6.38. The van der Waals surface area contributed by atoms with E-state index in [2.05, 4.69) is 10.3 Å². The van der Waals surface area contributed by atoms with Gasteiger partial charge >= 0.3 is 0 Å². The zero-order valence-corrected chi connectivity index (χ0v) is 17.8. The van der Waals surface area contributed by atoms with Crippen LogP contribution in [-0.4, -0.2) is 34.4 Å². The Labute approximate surface area is 179 Å². The Hall–Kier alpha value is -2.80. The highest BCUT2D eigenvalue weighted by molar-refractivity contribution is 7.99. The van der Waals surface area contributed by atoms with E-state index in [4.69, 9.17) is 4.74 Å². The molecular formula is C23H25N3O3S. The number of methoxy groups -OCH3 is 1. The minimum absolute atomic E-state index is 0.0180. The maximum Gasteiger partial charge on any atom is 0.266 e. The SMILES string of the molecule is COc1ccc(-n2c(SCC(=O)NC3CCCCC3)nc3ccccc3c2=O)cc1. The van der Waals surface area contributed by atoms with Crippen molar-refractivity contribution in [3.8, 4) is 11.4 Å². The van der Waals surface area contributed by atoms with Crippen LogP contribution in [-0.2, 0) is 4.79 Å². The molecule has 3 aromatic rings. The van der Waals surface area contributed by atoms with Gasteiger partial charge in [-0.25, -0.2) is 4.98 Å². The number of benzene rings is 2. The number of ether oxygens (including phenoxy) is 1. The number of para-hydroxylation sites is 1. The summed E-state index contributed by atoms with van der Waals surface area (Å²) in [4.78, 5) is 30.4. The summed E-state index contributed by atoms with van der Waals surface area (Å²) in [5, 5.41) is 4.17. The summed E-state index contributed by atoms with van der Waals surface area (Å²) in [5.74, 6) is 0.912. The zero-order valence-electron chi connectivity index (χ0n) is 17.0. The fraction of sp³-hybridized carbons (Fsp3) is 0.348. The summed E-state index contributed by atoms with van der Waals surface area (Å²) in [5.41, 5.74) is 1.16. The van der Waals surface area contributed by atoms with Crippen molar-refractivity contribution < 1.29 is 9.53 Å². The molecule has 1 aliphatic rings. The topological polar surface area (TPSA) is 73.2 Å². The second kappa shape index (κ2) is 9.34. The van der Waals surface area contributed by atoms with Crippen LogP contribution >= 0.6 is 11.8 Å². The summed E-state index contributed by atoms with van der Waals surface area (Å²) in [7, 11) is 1.60. The second-order valence-corrected chi connectivity index (χ2v) is 8.38. The van der Waals surface area contributed by atoms with Crippen LogP contribution in [0.25, 0.3) is 16.6 Å². The molecule has 0 spiro atoms. The highest BCUT2D eigenvalue weighted by Gasteiger charge is 2.18. The Morgan fingerprint density at radius 1 is 1.13 bits per heavy atom. The molecule has 1 amide bonds. The van der Waals surface area contributed by atoms with E-state index in [-0.39, 0.29) is 23.3 Å². The predicted molar refractivity (Wildman–Crippen MR) is 120 cm³/mol. The minimum Gasteiger partial charge on any atom is -0.497 e. The standard InChI is InChI=1S/C23H25N3O3S/c1-29-18-13-11-17(12-14-18)26-22(28)19-9-5-6-10-20(19)25-23(26)30-15-21(27)24-16-7-3-2-4-8-16/h5-6,9-14,16H,2-4,7-8,15H2,1H3,(H,24,27). The van der Waals surface area contributed by atoms with Crippen molar-refractivity contribution in [1.29, 1.82) is 0 Å². The summed E-state index contributed by atoms with van der Waals surface area (Å²) >= 11 is 1.29. The van der Waals surface area contributed by atoms with Crippen molar-refractivity contribution in [2.24, 2.45) is 0 Å². The third-order valence-electron chi connectivity index (χ3n) is 5.38. The molecule has 0 aliphatic heterocycles. The van der Waals surface area contributed by atoms with Gasteiger partial charge < -0.3 is 10.1 Å². The van der Waals surface area contributed by atoms with Gasteiger partial charge in [-0.3, -0.25) is 14.2 Å². The highest BCUT2D eigenvalue weighted by Crippen LogP contribution is 2.23. The molecule has 1 N–H and O–H groups in total. The predicted octanol–water partition coefficient (Wildman–Crippen LogP) is 3.94. The number of hydrogen-bond acceptors (Lipinski definition) is 5. The lowest BCUT2D eigenvalue weighted by molar-refractivity contribution is -0.119. The van der Waals surface area contributed by atoms with E-state index in [9.17, 15) is 9.59 Å². The van der Waals surface area contributed by atoms with Gasteiger partial charge in [0.25, 0.3) is 5.56 Å². The molecule has 1 saturated carbocycles. The quantitative estimate of drug-likeness (QED) is 0.480. The summed E-state index contributed by atoms with van der Waals surface area (Å²) in [6, 6.07) is 14.8. The lowest BCUT2D eigenvalue weighted by Gasteiger charge is -2.22. The summed E-state index contributed by atoms with van der Waals surface area (Å²) in [6.07, 6.45) is 5.67. The van der Waals surface area contributed by atoms with Crippen LogP contribution in [0.3, 0.4) is 0 Å². The van der Waals surface area contributed by atoms with Gasteiger partial charge in [-0.15, -0.1) is 0 Å². The summed E-state index contributed by atoms with van der Waals surface area (Å²) in [6.45, 7) is 0. The number of fused-ring (bicyclic) bond motifs is 1. The lowest BCUT2D eigenvalue weighted by atomic mass is 9.95. The third kappa shape index (κ3) is 4.51. The Balaban J connectivity index is 1.63. The van der Waals surface area contributed by atoms with Gasteiger partial charge in [-0.1, -0.05) is 43.2 Å². The molecule has 1 heterocycles. The molecule has 7 heteroatoms. The molecular weight excluding hydrogens is 398 g/mol. The van der Waals surface area contributed by atoms with E-state index in [1.165, 1.54) is 31.0 Å². The van der Waals surface area contributed by atoms with E-state index in [0.29, 0.717) is 27.5 Å². The molecule has 2 aromatic carbocycles. The van der Waals surface area contributed by atoms with E-state index >= 15 is 0 Å². The molecule has 0 radical (unpaired) electrons. The first kappa shape index (κ1) is 20.5. The van der Waals surface area contributed by atoms with Gasteiger partial charge in [0.15, 0.2) is 5.16 Å². The highest BCUT2D eigenvalue weighted by atomic mass is 32.2. The molecule has 6 nitrogen and oxygen atoms in total. The van der Waals surface area contributed by atoms with Gasteiger partial charge in [-0.2, -0.15) is 0 Å². The third-order valence-corrected chi connectivity index (χ3v) is 6.32. The number of carbonyl (C=O) groups is 1. The number of aromatic nitrogens is 2. The molecule has 4 rings (SSSR count). The van der Waals surface area contributed by atoms with Crippen LogP contribution in [0, 0.1) is 0 Å². The molecule has 0 bridgehead atoms. The normalized spacial score (nSPS) is 14.6. The number of hydrogen-bond donors (Lipinski definition) is 1. The van der Waals surface area contributed by atoms with Gasteiger partial charge in [-0.05, 0) is 49.2 Å². The number of thioether (sulfide) groups is 1. The van der Waals surface area contributed by atoms with Crippen LogP contribution < -0.4 is 15.6 Å². The fourth-order valence-corrected chi connectivity index (χ4v) is 4.64. The molecule has 1 aliphatic carbocycles. The maximum atomic E-state index is 13.2. The van der Waals surface area contributed by atoms with Crippen LogP contribution in [0.2, 0.25) is 0 Å². The van der Waals surface area contributed by atoms with Crippen LogP contribution in [0.5, 0.6) is 5.75 Å². The largest absolute Gasteiger partial charge is 0.497 e. The second-order valence-electron chi connectivity index (χ2n) is 7.44. The molecule has 1 aromatic heterocycles. The molecule has 1 fully saturated rings. The number of nitrogens with one attached hydrogen (secondary N) is 1. The minimum atomic E-state index is -0.152. The molecule has 0 unspecified atom stereocenters. The van der Waals surface area contributed by atoms with E-state index in [1.54, 1.807) is 29.9 Å². The van der Waals surface area contributed by atoms with Crippen molar-refractivity contribution in [3.05, 3.63) is 58.9 Å². The molecule has 30 heavy (non-hydrogen) atoms. The number of carbonyl (C=O) groups excluding carboxylic acids is 1. The van der Waals surface area contributed by atoms with Gasteiger partial charge in [0.2, 0.25) is 5.91 Å². The van der Waals surface area contributed by atoms with Crippen LogP contribution in [0.1, 0.15) is 32.1 Å². The average molecular weight is 424 g/mol. The molecule has 156 valence electrons. The van der Waals surface area contributed by atoms with Gasteiger partial charge in [0.05, 0.1) is 29.5 Å². The Morgan fingerprint density at radius 3 is 2.60 bits per heavy atom.